The van der Waals surface area contributed by atoms with Gasteiger partial charge in [0.2, 0.25) is 19.6 Å². The van der Waals surface area contributed by atoms with Crippen LogP contribution in [0.2, 0.25) is 0 Å². The molecule has 2 bridgehead atoms. The lowest BCUT2D eigenvalue weighted by atomic mass is 10.2. The molecule has 3 heterocycles. The predicted octanol–water partition coefficient (Wildman–Crippen LogP) is -4.87. The van der Waals surface area contributed by atoms with Crippen molar-refractivity contribution in [2.75, 3.05) is 0 Å². The fraction of sp³-hybridized carbons (Fsp3) is 0.333. The lowest BCUT2D eigenvalue weighted by Crippen LogP contribution is -2.68. The Kier molecular flexibility index (Phi) is 8.85. The normalized spacial score (nSPS) is 23.9. The van der Waals surface area contributed by atoms with E-state index >= 15 is 0 Å². The van der Waals surface area contributed by atoms with E-state index in [9.17, 15) is 0 Å². The summed E-state index contributed by atoms with van der Waals surface area (Å²) in [6, 6.07) is 18.5. The van der Waals surface area contributed by atoms with E-state index in [-0.39, 0.29) is 0 Å². The minimum Gasteiger partial charge on any atom is -0.222 e. The molecular weight excluding hydrogens is 479 g/mol. The van der Waals surface area contributed by atoms with Crippen LogP contribution in [0, 0.1) is 20.5 Å². The summed E-state index contributed by atoms with van der Waals surface area (Å²) in [5, 5.41) is 1.71. The molecule has 3 aliphatic heterocycles. The van der Waals surface area contributed by atoms with Gasteiger partial charge in [0, 0.05) is 0 Å². The summed E-state index contributed by atoms with van der Waals surface area (Å²) in [5.41, 5.74) is 0. The Hall–Kier alpha value is -0.600. The van der Waals surface area contributed by atoms with Crippen LogP contribution in [0.25, 0.3) is 0 Å². The van der Waals surface area contributed by atoms with Gasteiger partial charge in [0.25, 0.3) is 0 Å². The summed E-state index contributed by atoms with van der Waals surface area (Å²) in [6.45, 7) is 4.77. The second-order valence-corrected chi connectivity index (χ2v) is 12.1. The maximum Gasteiger partial charge on any atom is 0.216 e. The summed E-state index contributed by atoms with van der Waals surface area (Å²) >= 11 is 0. The van der Waals surface area contributed by atoms with E-state index in [4.69, 9.17) is 37.3 Å². The van der Waals surface area contributed by atoms with Gasteiger partial charge < -0.3 is 0 Å². The summed E-state index contributed by atoms with van der Waals surface area (Å²) in [5.74, 6) is 0. The van der Waals surface area contributed by atoms with Gasteiger partial charge in [-0.15, -0.1) is 20.5 Å². The Labute approximate surface area is 184 Å². The van der Waals surface area contributed by atoms with Gasteiger partial charge in [-0.3, -0.25) is 0 Å². The third-order valence-corrected chi connectivity index (χ3v) is 10.8. The van der Waals surface area contributed by atoms with Crippen molar-refractivity contribution in [3.05, 3.63) is 48.5 Å². The molecule has 0 radical (unpaired) electrons. The first-order chi connectivity index (χ1) is 13.9. The summed E-state index contributed by atoms with van der Waals surface area (Å²) < 4.78 is 67.9. The average Bonchev–Trinajstić information content (AvgIpc) is 2.64. The van der Waals surface area contributed by atoms with E-state index in [1.807, 2.05) is 0 Å². The molecule has 0 unspecified atom stereocenters. The molecule has 2 aromatic carbocycles. The number of rotatable bonds is 2. The largest absolute Gasteiger partial charge is 0.222 e. The highest BCUT2D eigenvalue weighted by Crippen LogP contribution is 2.53. The number of hydrogen-bond acceptors (Lipinski definition) is 8. The zero-order valence-corrected chi connectivity index (χ0v) is 19.2. The first-order valence-corrected chi connectivity index (χ1v) is 13.8. The number of fused-ring (bicyclic) bond motifs is 1. The van der Waals surface area contributed by atoms with E-state index in [0.29, 0.717) is 21.8 Å². The summed E-state index contributed by atoms with van der Waals surface area (Å²) in [6.07, 6.45) is 2.63. The third kappa shape index (κ3) is 6.70. The topological polar surface area (TPSA) is 184 Å². The van der Waals surface area contributed by atoms with Crippen molar-refractivity contribution in [1.82, 2.24) is 0 Å². The van der Waals surface area contributed by atoms with Crippen molar-refractivity contribution >= 4 is 21.8 Å². The molecule has 166 valence electrons. The van der Waals surface area contributed by atoms with Crippen LogP contribution in [0.1, 0.15) is 26.7 Å². The zero-order valence-electron chi connectivity index (χ0n) is 16.0. The molecule has 8 nitrogen and oxygen atoms in total. The predicted molar refractivity (Wildman–Crippen MR) is 88.8 cm³/mol. The van der Waals surface area contributed by atoms with Gasteiger partial charge in [-0.2, -0.15) is 0 Å². The standard InChI is InChI=1S/C18H20S2.2ClHO4/c1-3-13-14(4-2)20-17-11-7-5-9-15(17)19(13)16-10-6-8-12-18(16)20;2*2-1(3,4)5/h5-14H,3-4H2,1-2H3;2*(H,2,3,4,5)/q+2;;/p-2/t13-,14-,19?,20?;;/m1../s1. The Morgan fingerprint density at radius 2 is 0.767 bits per heavy atom. The highest BCUT2D eigenvalue weighted by molar-refractivity contribution is 8.06. The maximum atomic E-state index is 8.49. The first kappa shape index (κ1) is 25.7. The molecule has 0 saturated heterocycles. The molecule has 5 rings (SSSR count). The van der Waals surface area contributed by atoms with Gasteiger partial charge in [-0.25, -0.2) is 37.3 Å². The van der Waals surface area contributed by atoms with Crippen molar-refractivity contribution in [3.8, 4) is 0 Å². The molecule has 0 spiro atoms. The molecule has 2 aromatic rings. The maximum absolute atomic E-state index is 8.49. The van der Waals surface area contributed by atoms with Gasteiger partial charge in [-0.05, 0) is 37.1 Å². The fourth-order valence-corrected chi connectivity index (χ4v) is 10.9. The minimum absolute atomic E-state index is 0.304. The van der Waals surface area contributed by atoms with Crippen molar-refractivity contribution < 1.29 is 57.8 Å². The van der Waals surface area contributed by atoms with Crippen molar-refractivity contribution in [1.29, 1.82) is 0 Å². The van der Waals surface area contributed by atoms with Crippen LogP contribution in [0.5, 0.6) is 0 Å². The molecular formula is C18H20Cl2O8S2. The third-order valence-electron chi connectivity index (χ3n) is 4.47. The zero-order chi connectivity index (χ0) is 22.7. The molecule has 12 heteroatoms. The monoisotopic (exact) mass is 498 g/mol. The van der Waals surface area contributed by atoms with Gasteiger partial charge in [0.1, 0.15) is 0 Å². The Morgan fingerprint density at radius 1 is 0.567 bits per heavy atom. The minimum atomic E-state index is -4.94. The van der Waals surface area contributed by atoms with Crippen LogP contribution >= 0.6 is 0 Å². The second-order valence-electron chi connectivity index (χ2n) is 6.22. The molecule has 2 atom stereocenters. The van der Waals surface area contributed by atoms with Crippen LogP contribution in [0.3, 0.4) is 0 Å². The highest BCUT2D eigenvalue weighted by atomic mass is 35.7. The SMILES string of the molecule is CC[C@@H]1[C@@H](CC)[S+]2c3ccccc3[S+]1c1ccccc12.[O-][Cl+3]([O-])([O-])[O-].[O-][Cl+3]([O-])([O-])[O-]. The van der Waals surface area contributed by atoms with Crippen molar-refractivity contribution in [2.45, 2.75) is 56.8 Å². The van der Waals surface area contributed by atoms with Gasteiger partial charge >= 0.3 is 0 Å². The molecule has 0 aromatic heterocycles. The van der Waals surface area contributed by atoms with E-state index in [1.165, 1.54) is 12.8 Å². The Balaban J connectivity index is 0.000000271. The average molecular weight is 499 g/mol. The molecule has 0 saturated carbocycles. The van der Waals surface area contributed by atoms with Crippen LogP contribution in [0.15, 0.2) is 68.1 Å². The Morgan fingerprint density at radius 3 is 0.933 bits per heavy atom. The Bertz CT molecular complexity index is 716. The van der Waals surface area contributed by atoms with E-state index < -0.39 is 20.5 Å². The van der Waals surface area contributed by atoms with Gasteiger partial charge in [-0.1, -0.05) is 38.1 Å². The van der Waals surface area contributed by atoms with E-state index in [2.05, 4.69) is 62.4 Å². The molecule has 0 N–H and O–H groups in total. The smallest absolute Gasteiger partial charge is 0.216 e. The summed E-state index contributed by atoms with van der Waals surface area (Å²) in [4.78, 5) is 6.58. The van der Waals surface area contributed by atoms with Gasteiger partial charge in [0.05, 0.1) is 21.8 Å². The van der Waals surface area contributed by atoms with Crippen LogP contribution in [-0.4, -0.2) is 10.5 Å². The fourth-order valence-electron chi connectivity index (χ4n) is 3.68. The van der Waals surface area contributed by atoms with Crippen molar-refractivity contribution in [2.24, 2.45) is 0 Å². The summed E-state index contributed by atoms with van der Waals surface area (Å²) in [7, 11) is -9.28. The molecule has 0 aliphatic carbocycles. The molecule has 0 fully saturated rings. The van der Waals surface area contributed by atoms with Crippen LogP contribution in [-0.2, 0) is 21.8 Å². The van der Waals surface area contributed by atoms with E-state index in [1.54, 1.807) is 19.6 Å². The highest BCUT2D eigenvalue weighted by Gasteiger charge is 2.63. The quantitative estimate of drug-likeness (QED) is 0.368. The van der Waals surface area contributed by atoms with Crippen LogP contribution in [0.4, 0.5) is 0 Å². The first-order valence-electron chi connectivity index (χ1n) is 8.74. The lowest BCUT2D eigenvalue weighted by Gasteiger charge is -2.35. The van der Waals surface area contributed by atoms with Gasteiger partial charge in [0.15, 0.2) is 10.5 Å². The second kappa shape index (κ2) is 10.3. The van der Waals surface area contributed by atoms with Crippen LogP contribution < -0.4 is 37.3 Å². The number of benzene rings is 2. The van der Waals surface area contributed by atoms with Crippen molar-refractivity contribution in [3.63, 3.8) is 0 Å². The number of halogens is 2. The van der Waals surface area contributed by atoms with E-state index in [0.717, 1.165) is 10.5 Å². The molecule has 30 heavy (non-hydrogen) atoms. The number of hydrogen-bond donors (Lipinski definition) is 0. The molecule has 0 amide bonds. The lowest BCUT2D eigenvalue weighted by molar-refractivity contribution is -2.00. The molecule has 3 aliphatic rings.